The number of aromatic nitrogens is 2. The van der Waals surface area contributed by atoms with E-state index in [1.165, 1.54) is 0 Å². The van der Waals surface area contributed by atoms with Crippen molar-refractivity contribution in [2.24, 2.45) is 5.92 Å². The van der Waals surface area contributed by atoms with E-state index in [0.717, 1.165) is 22.4 Å². The van der Waals surface area contributed by atoms with E-state index in [-0.39, 0.29) is 19.1 Å². The minimum Gasteiger partial charge on any atom is -0.481 e. The number of nitrogens with one attached hydrogen (secondary N) is 1. The van der Waals surface area contributed by atoms with Crippen molar-refractivity contribution in [2.75, 3.05) is 13.3 Å². The summed E-state index contributed by atoms with van der Waals surface area (Å²) in [6, 6.07) is 15.6. The summed E-state index contributed by atoms with van der Waals surface area (Å²) in [6.45, 7) is 0.665. The maximum Gasteiger partial charge on any atom is 0.304 e. The van der Waals surface area contributed by atoms with Gasteiger partial charge in [-0.05, 0) is 36.2 Å². The molecule has 0 radical (unpaired) electrons. The number of carbonyl (C=O) groups is 2. The third kappa shape index (κ3) is 3.98. The van der Waals surface area contributed by atoms with Gasteiger partial charge in [0, 0.05) is 13.0 Å². The molecule has 1 atom stereocenters. The SMILES string of the molecule is O=C(O)CC1CCN(COc2ccc(Cc3nc4ccccc4[nH]3)cc2)C1=O. The van der Waals surface area contributed by atoms with Gasteiger partial charge >= 0.3 is 5.97 Å². The van der Waals surface area contributed by atoms with Crippen molar-refractivity contribution in [3.63, 3.8) is 0 Å². The number of para-hydroxylation sites is 2. The van der Waals surface area contributed by atoms with Gasteiger partial charge in [0.2, 0.25) is 5.91 Å². The molecule has 1 saturated heterocycles. The highest BCUT2D eigenvalue weighted by atomic mass is 16.5. The maximum absolute atomic E-state index is 12.2. The van der Waals surface area contributed by atoms with Crippen molar-refractivity contribution < 1.29 is 19.4 Å². The van der Waals surface area contributed by atoms with Crippen LogP contribution in [0.3, 0.4) is 0 Å². The lowest BCUT2D eigenvalue weighted by Crippen LogP contribution is -2.31. The van der Waals surface area contributed by atoms with Gasteiger partial charge in [-0.15, -0.1) is 0 Å². The van der Waals surface area contributed by atoms with Crippen LogP contribution in [0.4, 0.5) is 0 Å². The van der Waals surface area contributed by atoms with Crippen molar-refractivity contribution in [2.45, 2.75) is 19.3 Å². The lowest BCUT2D eigenvalue weighted by Gasteiger charge is -2.17. The molecule has 1 aliphatic rings. The minimum absolute atomic E-state index is 0.119. The molecule has 0 bridgehead atoms. The van der Waals surface area contributed by atoms with Gasteiger partial charge in [0.25, 0.3) is 0 Å². The highest BCUT2D eigenvalue weighted by Crippen LogP contribution is 2.22. The Kier molecular flexibility index (Phi) is 4.97. The van der Waals surface area contributed by atoms with Crippen molar-refractivity contribution >= 4 is 22.9 Å². The van der Waals surface area contributed by atoms with Crippen LogP contribution >= 0.6 is 0 Å². The number of amides is 1. The van der Waals surface area contributed by atoms with Crippen LogP contribution in [0.1, 0.15) is 24.2 Å². The van der Waals surface area contributed by atoms with E-state index in [9.17, 15) is 9.59 Å². The highest BCUT2D eigenvalue weighted by molar-refractivity contribution is 5.84. The van der Waals surface area contributed by atoms with Crippen LogP contribution in [0.25, 0.3) is 11.0 Å². The number of hydrogen-bond donors (Lipinski definition) is 2. The van der Waals surface area contributed by atoms with Crippen LogP contribution < -0.4 is 4.74 Å². The van der Waals surface area contributed by atoms with Crippen LogP contribution in [0, 0.1) is 5.92 Å². The number of benzene rings is 2. The second-order valence-corrected chi connectivity index (χ2v) is 6.98. The Balaban J connectivity index is 1.32. The van der Waals surface area contributed by atoms with E-state index in [4.69, 9.17) is 9.84 Å². The van der Waals surface area contributed by atoms with E-state index in [0.29, 0.717) is 25.1 Å². The zero-order chi connectivity index (χ0) is 19.5. The fourth-order valence-corrected chi connectivity index (χ4v) is 3.47. The zero-order valence-corrected chi connectivity index (χ0v) is 15.3. The average molecular weight is 379 g/mol. The molecule has 0 saturated carbocycles. The van der Waals surface area contributed by atoms with E-state index in [1.54, 1.807) is 4.90 Å². The fraction of sp³-hybridized carbons (Fsp3) is 0.286. The summed E-state index contributed by atoms with van der Waals surface area (Å²) in [7, 11) is 0. The van der Waals surface area contributed by atoms with Crippen LogP contribution in [0.2, 0.25) is 0 Å². The van der Waals surface area contributed by atoms with E-state index in [2.05, 4.69) is 9.97 Å². The zero-order valence-electron chi connectivity index (χ0n) is 15.3. The van der Waals surface area contributed by atoms with Gasteiger partial charge in [-0.1, -0.05) is 24.3 Å². The van der Waals surface area contributed by atoms with Gasteiger partial charge in [-0.25, -0.2) is 4.98 Å². The summed E-state index contributed by atoms with van der Waals surface area (Å²) < 4.78 is 5.70. The molecule has 0 aliphatic carbocycles. The molecule has 1 aromatic heterocycles. The molecule has 2 N–H and O–H groups in total. The second-order valence-electron chi connectivity index (χ2n) is 6.98. The highest BCUT2D eigenvalue weighted by Gasteiger charge is 2.33. The first-order valence-corrected chi connectivity index (χ1v) is 9.24. The minimum atomic E-state index is -0.943. The number of carboxylic acids is 1. The van der Waals surface area contributed by atoms with Gasteiger partial charge in [-0.2, -0.15) is 0 Å². The topological polar surface area (TPSA) is 95.5 Å². The largest absolute Gasteiger partial charge is 0.481 e. The molecule has 7 nitrogen and oxygen atoms in total. The molecule has 1 amide bonds. The monoisotopic (exact) mass is 379 g/mol. The van der Waals surface area contributed by atoms with Crippen LogP contribution in [-0.2, 0) is 16.0 Å². The molecule has 28 heavy (non-hydrogen) atoms. The van der Waals surface area contributed by atoms with Gasteiger partial charge in [-0.3, -0.25) is 9.59 Å². The Morgan fingerprint density at radius 2 is 2.00 bits per heavy atom. The van der Waals surface area contributed by atoms with Gasteiger partial charge in [0.1, 0.15) is 11.6 Å². The number of ether oxygens (including phenoxy) is 1. The number of carboxylic acid groups (broad SMARTS) is 1. The number of aromatic amines is 1. The first-order chi connectivity index (χ1) is 13.6. The molecular formula is C21H21N3O4. The van der Waals surface area contributed by atoms with Crippen molar-refractivity contribution in [1.82, 2.24) is 14.9 Å². The number of carbonyl (C=O) groups excluding carboxylic acids is 1. The standard InChI is InChI=1S/C21H21N3O4/c25-20(26)12-15-9-10-24(21(15)27)13-28-16-7-5-14(6-8-16)11-19-22-17-3-1-2-4-18(17)23-19/h1-8,15H,9-13H2,(H,22,23)(H,25,26). The number of nitrogens with zero attached hydrogens (tertiary/aromatic N) is 2. The van der Waals surface area contributed by atoms with Crippen LogP contribution in [0.5, 0.6) is 5.75 Å². The quantitative estimate of drug-likeness (QED) is 0.658. The summed E-state index contributed by atoms with van der Waals surface area (Å²) in [4.78, 5) is 32.4. The second kappa shape index (κ2) is 7.72. The molecule has 3 aromatic rings. The number of aliphatic carboxylic acids is 1. The fourth-order valence-electron chi connectivity index (χ4n) is 3.47. The lowest BCUT2D eigenvalue weighted by atomic mass is 10.0. The maximum atomic E-state index is 12.2. The van der Waals surface area contributed by atoms with E-state index >= 15 is 0 Å². The summed E-state index contributed by atoms with van der Waals surface area (Å²) in [5, 5.41) is 8.85. The Hall–Kier alpha value is -3.35. The molecule has 1 fully saturated rings. The molecule has 1 aliphatic heterocycles. The third-order valence-electron chi connectivity index (χ3n) is 4.95. The molecule has 2 aromatic carbocycles. The molecule has 1 unspecified atom stereocenters. The first-order valence-electron chi connectivity index (χ1n) is 9.24. The molecule has 2 heterocycles. The average Bonchev–Trinajstić information content (AvgIpc) is 3.24. The van der Waals surface area contributed by atoms with Crippen LogP contribution in [-0.4, -0.2) is 45.1 Å². The van der Waals surface area contributed by atoms with E-state index in [1.807, 2.05) is 48.5 Å². The predicted octanol–water partition coefficient (Wildman–Crippen LogP) is 2.81. The third-order valence-corrected chi connectivity index (χ3v) is 4.95. The summed E-state index contributed by atoms with van der Waals surface area (Å²) >= 11 is 0. The smallest absolute Gasteiger partial charge is 0.304 e. The lowest BCUT2D eigenvalue weighted by molar-refractivity contribution is -0.142. The number of rotatable bonds is 7. The summed E-state index contributed by atoms with van der Waals surface area (Å²) in [5.41, 5.74) is 3.08. The van der Waals surface area contributed by atoms with Crippen LogP contribution in [0.15, 0.2) is 48.5 Å². The number of likely N-dealkylation sites (tertiary alicyclic amines) is 1. The molecule has 0 spiro atoms. The first kappa shape index (κ1) is 18.0. The molecule has 4 rings (SSSR count). The molecular weight excluding hydrogens is 358 g/mol. The van der Waals surface area contributed by atoms with Crippen molar-refractivity contribution in [3.8, 4) is 5.75 Å². The van der Waals surface area contributed by atoms with Gasteiger partial charge < -0.3 is 19.7 Å². The Morgan fingerprint density at radius 1 is 1.21 bits per heavy atom. The van der Waals surface area contributed by atoms with Gasteiger partial charge in [0.05, 0.1) is 23.4 Å². The predicted molar refractivity (Wildman–Crippen MR) is 103 cm³/mol. The van der Waals surface area contributed by atoms with Crippen molar-refractivity contribution in [1.29, 1.82) is 0 Å². The number of imidazole rings is 1. The summed E-state index contributed by atoms with van der Waals surface area (Å²) in [5.74, 6) is 0.0437. The van der Waals surface area contributed by atoms with Gasteiger partial charge in [0.15, 0.2) is 6.73 Å². The Morgan fingerprint density at radius 3 is 2.75 bits per heavy atom. The Bertz CT molecular complexity index is 963. The normalized spacial score (nSPS) is 16.6. The number of H-pyrrole nitrogens is 1. The van der Waals surface area contributed by atoms with E-state index < -0.39 is 11.9 Å². The number of hydrogen-bond acceptors (Lipinski definition) is 4. The number of fused-ring (bicyclic) bond motifs is 1. The molecule has 144 valence electrons. The Labute approximate surface area is 162 Å². The van der Waals surface area contributed by atoms with Crippen molar-refractivity contribution in [3.05, 3.63) is 59.9 Å². The summed E-state index contributed by atoms with van der Waals surface area (Å²) in [6.07, 6.45) is 1.13. The molecule has 7 heteroatoms.